The first-order chi connectivity index (χ1) is 10.6. The lowest BCUT2D eigenvalue weighted by Crippen LogP contribution is -2.29. The van der Waals surface area contributed by atoms with E-state index in [1.54, 1.807) is 30.0 Å². The van der Waals surface area contributed by atoms with E-state index in [9.17, 15) is 9.59 Å². The Hall–Kier alpha value is -1.73. The summed E-state index contributed by atoms with van der Waals surface area (Å²) >= 11 is 3.33. The van der Waals surface area contributed by atoms with Gasteiger partial charge in [0.05, 0.1) is 6.54 Å². The smallest absolute Gasteiger partial charge is 0.339 e. The van der Waals surface area contributed by atoms with Gasteiger partial charge in [-0.15, -0.1) is 23.1 Å². The van der Waals surface area contributed by atoms with E-state index in [0.29, 0.717) is 11.5 Å². The van der Waals surface area contributed by atoms with Crippen molar-refractivity contribution in [3.63, 3.8) is 0 Å². The number of fused-ring (bicyclic) bond motifs is 1. The Morgan fingerprint density at radius 2 is 2.32 bits per heavy atom. The molecule has 1 aliphatic heterocycles. The van der Waals surface area contributed by atoms with E-state index in [2.05, 4.69) is 5.32 Å². The topological polar surface area (TPSA) is 79.5 Å². The van der Waals surface area contributed by atoms with E-state index in [1.807, 2.05) is 11.4 Å². The molecule has 0 saturated heterocycles. The number of carboxylic acid groups (broad SMARTS) is 1. The minimum absolute atomic E-state index is 0.0599. The molecule has 2 aromatic heterocycles. The molecule has 0 radical (unpaired) electrons. The zero-order chi connectivity index (χ0) is 15.7. The van der Waals surface area contributed by atoms with Gasteiger partial charge in [0, 0.05) is 4.88 Å². The average Bonchev–Trinajstić information content (AvgIpc) is 3.10. The highest BCUT2D eigenvalue weighted by Gasteiger charge is 2.28. The van der Waals surface area contributed by atoms with Crippen LogP contribution in [0.2, 0.25) is 0 Å². The molecule has 3 rings (SSSR count). The van der Waals surface area contributed by atoms with Crippen LogP contribution in [0.15, 0.2) is 21.9 Å². The average molecular weight is 337 g/mol. The predicted molar refractivity (Wildman–Crippen MR) is 85.5 cm³/mol. The van der Waals surface area contributed by atoms with Crippen LogP contribution in [0.1, 0.15) is 37.6 Å². The molecule has 0 aromatic carbocycles. The Bertz CT molecular complexity index is 719. The number of hydrogen-bond donors (Lipinski definition) is 2. The Morgan fingerprint density at radius 1 is 1.50 bits per heavy atom. The Morgan fingerprint density at radius 3 is 3.05 bits per heavy atom. The van der Waals surface area contributed by atoms with Crippen LogP contribution in [0.5, 0.6) is 0 Å². The number of rotatable bonds is 4. The molecule has 2 N–H and O–H groups in total. The van der Waals surface area contributed by atoms with Gasteiger partial charge in [-0.2, -0.15) is 0 Å². The molecule has 116 valence electrons. The van der Waals surface area contributed by atoms with Crippen LogP contribution in [-0.4, -0.2) is 22.7 Å². The lowest BCUT2D eigenvalue weighted by atomic mass is 10.1. The summed E-state index contributed by atoms with van der Waals surface area (Å²) in [5.74, 6) is 0.660. The fourth-order valence-corrected chi connectivity index (χ4v) is 4.79. The lowest BCUT2D eigenvalue weighted by molar-refractivity contribution is -0.120. The summed E-state index contributed by atoms with van der Waals surface area (Å²) in [6.45, 7) is 1.80. The molecule has 0 fully saturated rings. The Kier molecular flexibility index (Phi) is 4.26. The number of thiophene rings is 1. The van der Waals surface area contributed by atoms with Crippen LogP contribution < -0.4 is 5.32 Å². The maximum atomic E-state index is 12.4. The molecule has 1 amide bonds. The number of carbonyl (C=O) groups excluding carboxylic acids is 1. The van der Waals surface area contributed by atoms with Crippen LogP contribution in [0.4, 0.5) is 0 Å². The molecule has 1 aliphatic rings. The number of hydrogen-bond acceptors (Lipinski definition) is 5. The number of amides is 1. The van der Waals surface area contributed by atoms with E-state index in [0.717, 1.165) is 17.7 Å². The maximum Gasteiger partial charge on any atom is 0.339 e. The van der Waals surface area contributed by atoms with Gasteiger partial charge in [0.1, 0.15) is 22.3 Å². The third kappa shape index (κ3) is 2.91. The minimum atomic E-state index is -1.02. The van der Waals surface area contributed by atoms with Crippen molar-refractivity contribution >= 4 is 35.0 Å². The van der Waals surface area contributed by atoms with Gasteiger partial charge in [-0.25, -0.2) is 4.79 Å². The van der Waals surface area contributed by atoms with Gasteiger partial charge >= 0.3 is 5.97 Å². The highest BCUT2D eigenvalue weighted by molar-refractivity contribution is 8.00. The van der Waals surface area contributed by atoms with Crippen molar-refractivity contribution in [2.45, 2.75) is 25.1 Å². The molecule has 2 aromatic rings. The summed E-state index contributed by atoms with van der Waals surface area (Å²) in [5.41, 5.74) is 1.23. The maximum absolute atomic E-state index is 12.4. The van der Waals surface area contributed by atoms with Crippen molar-refractivity contribution in [2.75, 3.05) is 5.75 Å². The molecule has 22 heavy (non-hydrogen) atoms. The Labute approximate surface area is 135 Å². The molecule has 0 unspecified atom stereocenters. The molecule has 1 atom stereocenters. The van der Waals surface area contributed by atoms with Gasteiger partial charge in [0.2, 0.25) is 5.91 Å². The van der Waals surface area contributed by atoms with Crippen LogP contribution in [0, 0.1) is 6.92 Å². The molecule has 0 aliphatic carbocycles. The highest BCUT2D eigenvalue weighted by atomic mass is 32.2. The van der Waals surface area contributed by atoms with Crippen molar-refractivity contribution in [1.82, 2.24) is 5.32 Å². The van der Waals surface area contributed by atoms with Crippen LogP contribution in [0.3, 0.4) is 0 Å². The van der Waals surface area contributed by atoms with Crippen LogP contribution in [0.25, 0.3) is 0 Å². The molecule has 0 spiro atoms. The van der Waals surface area contributed by atoms with Gasteiger partial charge in [-0.1, -0.05) is 0 Å². The number of thioether (sulfide) groups is 1. The molecule has 0 saturated carbocycles. The largest absolute Gasteiger partial charge is 0.478 e. The van der Waals surface area contributed by atoms with Gasteiger partial charge in [-0.05, 0) is 42.2 Å². The summed E-state index contributed by atoms with van der Waals surface area (Å²) in [7, 11) is 0. The number of furan rings is 1. The van der Waals surface area contributed by atoms with Gasteiger partial charge in [-0.3, -0.25) is 4.79 Å². The van der Waals surface area contributed by atoms with Crippen molar-refractivity contribution < 1.29 is 19.1 Å². The summed E-state index contributed by atoms with van der Waals surface area (Å²) in [6.07, 6.45) is 1.01. The van der Waals surface area contributed by atoms with Crippen molar-refractivity contribution in [2.24, 2.45) is 0 Å². The number of aromatic carboxylic acids is 1. The second-order valence-corrected chi connectivity index (χ2v) is 7.22. The standard InChI is InChI=1S/C15H15NO4S2/c1-8-11(15(18)19)6-9(20-8)7-16-14(17)13-10-2-4-21-12(10)3-5-22-13/h2,4,6,13H,3,5,7H2,1H3,(H,16,17)(H,18,19)/t13-/m1/s1. The molecule has 5 nitrogen and oxygen atoms in total. The van der Waals surface area contributed by atoms with Crippen molar-refractivity contribution in [1.29, 1.82) is 0 Å². The highest BCUT2D eigenvalue weighted by Crippen LogP contribution is 2.39. The summed E-state index contributed by atoms with van der Waals surface area (Å²) in [6, 6.07) is 3.47. The van der Waals surface area contributed by atoms with Crippen molar-refractivity contribution in [3.8, 4) is 0 Å². The zero-order valence-corrected chi connectivity index (χ0v) is 13.6. The van der Waals surface area contributed by atoms with E-state index in [1.165, 1.54) is 10.9 Å². The van der Waals surface area contributed by atoms with Gasteiger partial charge < -0.3 is 14.8 Å². The van der Waals surface area contributed by atoms with Crippen LogP contribution in [-0.2, 0) is 17.8 Å². The minimum Gasteiger partial charge on any atom is -0.478 e. The predicted octanol–water partition coefficient (Wildman–Crippen LogP) is 2.99. The fraction of sp³-hybridized carbons (Fsp3) is 0.333. The quantitative estimate of drug-likeness (QED) is 0.896. The molecule has 3 heterocycles. The molecule has 7 heteroatoms. The van der Waals surface area contributed by atoms with E-state index < -0.39 is 5.97 Å². The fourth-order valence-electron chi connectivity index (χ4n) is 2.47. The number of nitrogens with one attached hydrogen (secondary N) is 1. The summed E-state index contributed by atoms with van der Waals surface area (Å²) in [4.78, 5) is 24.6. The molecule has 0 bridgehead atoms. The van der Waals surface area contributed by atoms with Crippen molar-refractivity contribution in [3.05, 3.63) is 45.0 Å². The first kappa shape index (κ1) is 15.2. The van der Waals surface area contributed by atoms with Gasteiger partial charge in [0.15, 0.2) is 0 Å². The third-order valence-electron chi connectivity index (χ3n) is 3.55. The lowest BCUT2D eigenvalue weighted by Gasteiger charge is -2.21. The Balaban J connectivity index is 1.66. The summed E-state index contributed by atoms with van der Waals surface area (Å²) in [5, 5.41) is 13.7. The van der Waals surface area contributed by atoms with Crippen LogP contribution >= 0.6 is 23.1 Å². The molecular formula is C15H15NO4S2. The number of aryl methyl sites for hydroxylation is 2. The third-order valence-corrected chi connectivity index (χ3v) is 5.79. The van der Waals surface area contributed by atoms with E-state index in [-0.39, 0.29) is 23.3 Å². The normalized spacial score (nSPS) is 17.0. The first-order valence-corrected chi connectivity index (χ1v) is 8.77. The first-order valence-electron chi connectivity index (χ1n) is 6.84. The van der Waals surface area contributed by atoms with E-state index >= 15 is 0 Å². The van der Waals surface area contributed by atoms with E-state index in [4.69, 9.17) is 9.52 Å². The van der Waals surface area contributed by atoms with Gasteiger partial charge in [0.25, 0.3) is 0 Å². The monoisotopic (exact) mass is 337 g/mol. The SMILES string of the molecule is Cc1oc(CNC(=O)[C@@H]2SCCc3sccc32)cc1C(=O)O. The number of carbonyl (C=O) groups is 2. The summed E-state index contributed by atoms with van der Waals surface area (Å²) < 4.78 is 5.37. The second kappa shape index (κ2) is 6.18. The zero-order valence-electron chi connectivity index (χ0n) is 11.9. The second-order valence-electron chi connectivity index (χ2n) is 5.01. The number of carboxylic acids is 1. The molecular weight excluding hydrogens is 322 g/mol.